The zero-order chi connectivity index (χ0) is 16.6. The molecule has 2 N–H and O–H groups in total. The second-order valence-corrected chi connectivity index (χ2v) is 6.42. The molecule has 1 aliphatic carbocycles. The Labute approximate surface area is 143 Å². The Morgan fingerprint density at radius 3 is 3.00 bits per heavy atom. The average molecular weight is 333 g/mol. The molecule has 0 spiro atoms. The molecule has 5 nitrogen and oxygen atoms in total. The van der Waals surface area contributed by atoms with Crippen molar-refractivity contribution in [2.24, 2.45) is 0 Å². The first-order valence-corrected chi connectivity index (χ1v) is 8.84. The van der Waals surface area contributed by atoms with Gasteiger partial charge in [-0.1, -0.05) is 17.7 Å². The third-order valence-electron chi connectivity index (χ3n) is 4.40. The first kappa shape index (κ1) is 17.3. The molecule has 0 aromatic heterocycles. The minimum atomic E-state index is -0.487. The van der Waals surface area contributed by atoms with Crippen LogP contribution in [0.2, 0.25) is 0 Å². The monoisotopic (exact) mass is 333 g/mol. The van der Waals surface area contributed by atoms with Gasteiger partial charge in [-0.15, -0.1) is 0 Å². The van der Waals surface area contributed by atoms with Crippen LogP contribution in [0.1, 0.15) is 37.7 Å². The van der Waals surface area contributed by atoms with Crippen molar-refractivity contribution in [1.29, 1.82) is 0 Å². The van der Waals surface area contributed by atoms with Gasteiger partial charge in [0.1, 0.15) is 0 Å². The quantitative estimate of drug-likeness (QED) is 0.537. The van der Waals surface area contributed by atoms with Crippen LogP contribution in [0.5, 0.6) is 11.5 Å². The number of nitrogens with one attached hydrogen (secondary N) is 1. The molecule has 0 fully saturated rings. The van der Waals surface area contributed by atoms with Crippen molar-refractivity contribution in [3.8, 4) is 11.5 Å². The van der Waals surface area contributed by atoms with Gasteiger partial charge < -0.3 is 24.6 Å². The van der Waals surface area contributed by atoms with E-state index < -0.39 is 6.10 Å². The number of allylic oxidation sites excluding steroid dienone is 1. The molecule has 0 amide bonds. The Bertz CT molecular complexity index is 558. The summed E-state index contributed by atoms with van der Waals surface area (Å²) in [6.45, 7) is 2.55. The lowest BCUT2D eigenvalue weighted by Gasteiger charge is -2.15. The van der Waals surface area contributed by atoms with E-state index in [9.17, 15) is 5.11 Å². The highest BCUT2D eigenvalue weighted by Crippen LogP contribution is 2.32. The van der Waals surface area contributed by atoms with Crippen molar-refractivity contribution in [2.45, 2.75) is 44.8 Å². The molecule has 1 aromatic carbocycles. The highest BCUT2D eigenvalue weighted by atomic mass is 16.7. The van der Waals surface area contributed by atoms with Gasteiger partial charge in [-0.2, -0.15) is 0 Å². The largest absolute Gasteiger partial charge is 0.454 e. The molecule has 1 aliphatic heterocycles. The lowest BCUT2D eigenvalue weighted by Crippen LogP contribution is -2.31. The number of aliphatic hydroxyl groups is 1. The van der Waals surface area contributed by atoms with Gasteiger partial charge in [0.15, 0.2) is 11.5 Å². The Hall–Kier alpha value is -1.56. The fourth-order valence-corrected chi connectivity index (χ4v) is 3.05. The Morgan fingerprint density at radius 1 is 1.21 bits per heavy atom. The van der Waals surface area contributed by atoms with Crippen LogP contribution in [-0.4, -0.2) is 37.7 Å². The highest BCUT2D eigenvalue weighted by molar-refractivity contribution is 5.44. The van der Waals surface area contributed by atoms with E-state index in [1.807, 2.05) is 18.2 Å². The smallest absolute Gasteiger partial charge is 0.231 e. The van der Waals surface area contributed by atoms with Crippen LogP contribution in [0.3, 0.4) is 0 Å². The molecule has 0 saturated carbocycles. The van der Waals surface area contributed by atoms with E-state index in [2.05, 4.69) is 11.4 Å². The van der Waals surface area contributed by atoms with Crippen LogP contribution >= 0.6 is 0 Å². The van der Waals surface area contributed by atoms with E-state index in [-0.39, 0.29) is 6.79 Å². The number of hydrogen-bond donors (Lipinski definition) is 2. The maximum absolute atomic E-state index is 9.97. The Balaban J connectivity index is 1.27. The zero-order valence-corrected chi connectivity index (χ0v) is 14.1. The molecule has 1 heterocycles. The summed E-state index contributed by atoms with van der Waals surface area (Å²) in [6.07, 6.45) is 8.09. The summed E-state index contributed by atoms with van der Waals surface area (Å²) < 4.78 is 16.2. The van der Waals surface area contributed by atoms with Gasteiger partial charge in [0.2, 0.25) is 6.79 Å². The summed E-state index contributed by atoms with van der Waals surface area (Å²) in [7, 11) is 0. The maximum atomic E-state index is 9.97. The fraction of sp³-hybridized carbons (Fsp3) is 0.579. The van der Waals surface area contributed by atoms with Crippen LogP contribution in [0.25, 0.3) is 0 Å². The van der Waals surface area contributed by atoms with Gasteiger partial charge in [-0.25, -0.2) is 0 Å². The van der Waals surface area contributed by atoms with Crippen molar-refractivity contribution in [3.63, 3.8) is 0 Å². The number of benzene rings is 1. The highest BCUT2D eigenvalue weighted by Gasteiger charge is 2.13. The number of aliphatic hydroxyl groups excluding tert-OH is 1. The number of hydrogen-bond acceptors (Lipinski definition) is 5. The molecule has 0 radical (unpaired) electrons. The predicted molar refractivity (Wildman–Crippen MR) is 92.3 cm³/mol. The number of ether oxygens (including phenoxy) is 3. The maximum Gasteiger partial charge on any atom is 0.231 e. The van der Waals surface area contributed by atoms with Gasteiger partial charge in [-0.3, -0.25) is 0 Å². The van der Waals surface area contributed by atoms with Gasteiger partial charge in [0.05, 0.1) is 19.3 Å². The van der Waals surface area contributed by atoms with Crippen molar-refractivity contribution in [1.82, 2.24) is 5.32 Å². The van der Waals surface area contributed by atoms with Crippen molar-refractivity contribution < 1.29 is 19.3 Å². The lowest BCUT2D eigenvalue weighted by atomic mass is 9.97. The van der Waals surface area contributed by atoms with Crippen LogP contribution in [0.4, 0.5) is 0 Å². The molecular formula is C19H27NO4. The summed E-state index contributed by atoms with van der Waals surface area (Å²) >= 11 is 0. The second kappa shape index (κ2) is 9.06. The van der Waals surface area contributed by atoms with Crippen LogP contribution in [-0.2, 0) is 11.3 Å². The zero-order valence-electron chi connectivity index (χ0n) is 14.1. The summed E-state index contributed by atoms with van der Waals surface area (Å²) in [5.74, 6) is 1.53. The fourth-order valence-electron chi connectivity index (χ4n) is 3.05. The summed E-state index contributed by atoms with van der Waals surface area (Å²) in [6, 6.07) is 5.76. The standard InChI is InChI=1S/C19H27NO4/c21-17(11-20-9-8-15-4-2-1-3-5-15)13-22-12-16-6-7-18-19(10-16)24-14-23-18/h4,6-7,10,17,20-21H,1-3,5,8-9,11-14H2/t17-/m0/s1. The SMILES string of the molecule is O[C@@H](CNCCC1=CCCCC1)COCc1ccc2c(c1)OCO2. The van der Waals surface area contributed by atoms with E-state index >= 15 is 0 Å². The molecule has 0 saturated heterocycles. The minimum Gasteiger partial charge on any atom is -0.454 e. The average Bonchev–Trinajstić information content (AvgIpc) is 3.07. The van der Waals surface area contributed by atoms with E-state index in [0.29, 0.717) is 19.8 Å². The molecule has 1 aromatic rings. The topological polar surface area (TPSA) is 60.0 Å². The molecule has 132 valence electrons. The lowest BCUT2D eigenvalue weighted by molar-refractivity contribution is 0.0289. The molecule has 1 atom stereocenters. The Morgan fingerprint density at radius 2 is 2.12 bits per heavy atom. The van der Waals surface area contributed by atoms with E-state index in [0.717, 1.165) is 30.0 Å². The normalized spacial score (nSPS) is 17.6. The summed E-state index contributed by atoms with van der Waals surface area (Å²) in [4.78, 5) is 0. The van der Waals surface area contributed by atoms with Gasteiger partial charge in [0, 0.05) is 6.54 Å². The first-order valence-electron chi connectivity index (χ1n) is 8.84. The molecule has 3 rings (SSSR count). The molecule has 0 bridgehead atoms. The van der Waals surface area contributed by atoms with Crippen molar-refractivity contribution in [2.75, 3.05) is 26.5 Å². The minimum absolute atomic E-state index is 0.279. The van der Waals surface area contributed by atoms with Crippen molar-refractivity contribution >= 4 is 0 Å². The molecule has 24 heavy (non-hydrogen) atoms. The van der Waals surface area contributed by atoms with Gasteiger partial charge in [-0.05, 0) is 56.3 Å². The van der Waals surface area contributed by atoms with Crippen LogP contribution in [0.15, 0.2) is 29.8 Å². The molecular weight excluding hydrogens is 306 g/mol. The number of rotatable bonds is 9. The van der Waals surface area contributed by atoms with Gasteiger partial charge in [0.25, 0.3) is 0 Å². The van der Waals surface area contributed by atoms with Gasteiger partial charge >= 0.3 is 0 Å². The first-order chi connectivity index (χ1) is 11.8. The van der Waals surface area contributed by atoms with E-state index in [1.165, 1.54) is 25.7 Å². The Kier molecular flexibility index (Phi) is 6.52. The van der Waals surface area contributed by atoms with E-state index in [1.54, 1.807) is 5.57 Å². The second-order valence-electron chi connectivity index (χ2n) is 6.42. The predicted octanol–water partition coefficient (Wildman–Crippen LogP) is 2.77. The third kappa shape index (κ3) is 5.23. The van der Waals surface area contributed by atoms with Crippen LogP contribution < -0.4 is 14.8 Å². The molecule has 0 unspecified atom stereocenters. The summed E-state index contributed by atoms with van der Waals surface area (Å²) in [5.41, 5.74) is 2.57. The van der Waals surface area contributed by atoms with Crippen molar-refractivity contribution in [3.05, 3.63) is 35.4 Å². The molecule has 5 heteroatoms. The van der Waals surface area contributed by atoms with E-state index in [4.69, 9.17) is 14.2 Å². The number of fused-ring (bicyclic) bond motifs is 1. The molecule has 2 aliphatic rings. The van der Waals surface area contributed by atoms with Crippen LogP contribution in [0, 0.1) is 0 Å². The summed E-state index contributed by atoms with van der Waals surface area (Å²) in [5, 5.41) is 13.3. The third-order valence-corrected chi connectivity index (χ3v) is 4.40.